The van der Waals surface area contributed by atoms with Gasteiger partial charge in [-0.05, 0) is 41.3 Å². The minimum atomic E-state index is 0.0550. The summed E-state index contributed by atoms with van der Waals surface area (Å²) in [5.74, 6) is 1.29. The summed E-state index contributed by atoms with van der Waals surface area (Å²) in [4.78, 5) is 14.7. The third-order valence-electron chi connectivity index (χ3n) is 4.96. The minimum absolute atomic E-state index is 0.0550. The maximum Gasteiger partial charge on any atom is 0.258 e. The lowest BCUT2D eigenvalue weighted by Crippen LogP contribution is -2.23. The summed E-state index contributed by atoms with van der Waals surface area (Å²) in [6.45, 7) is 2.77. The monoisotopic (exact) mass is 410 g/mol. The minimum Gasteiger partial charge on any atom is -0.321 e. The topological polar surface area (TPSA) is 51.0 Å². The van der Waals surface area contributed by atoms with E-state index in [2.05, 4.69) is 45.2 Å². The first-order chi connectivity index (χ1) is 12.5. The van der Waals surface area contributed by atoms with E-state index in [4.69, 9.17) is 0 Å². The van der Waals surface area contributed by atoms with Crippen LogP contribution in [0.4, 0.5) is 5.69 Å². The van der Waals surface area contributed by atoms with Crippen LogP contribution >= 0.6 is 15.9 Å². The number of carbonyl (C=O) groups excluding carboxylic acids is 1. The predicted octanol–water partition coefficient (Wildman–Crippen LogP) is 4.08. The molecule has 3 aromatic rings. The number of rotatable bonds is 4. The van der Waals surface area contributed by atoms with E-state index < -0.39 is 0 Å². The number of hydrogen-bond donors (Lipinski definition) is 0. The van der Waals surface area contributed by atoms with Crippen LogP contribution in [0.15, 0.2) is 53.3 Å². The van der Waals surface area contributed by atoms with E-state index in [9.17, 15) is 4.79 Å². The molecule has 0 saturated carbocycles. The largest absolute Gasteiger partial charge is 0.321 e. The molecule has 26 heavy (non-hydrogen) atoms. The van der Waals surface area contributed by atoms with Crippen LogP contribution in [0.3, 0.4) is 0 Å². The van der Waals surface area contributed by atoms with Gasteiger partial charge in [-0.25, -0.2) is 0 Å². The van der Waals surface area contributed by atoms with Gasteiger partial charge in [0.1, 0.15) is 12.2 Å². The third-order valence-corrected chi connectivity index (χ3v) is 5.70. The van der Waals surface area contributed by atoms with Gasteiger partial charge in [-0.1, -0.05) is 41.1 Å². The molecule has 0 aliphatic carbocycles. The Morgan fingerprint density at radius 1 is 1.23 bits per heavy atom. The Morgan fingerprint density at radius 2 is 2.04 bits per heavy atom. The smallest absolute Gasteiger partial charge is 0.258 e. The zero-order chi connectivity index (χ0) is 18.3. The number of amides is 1. The zero-order valence-electron chi connectivity index (χ0n) is 14.7. The van der Waals surface area contributed by atoms with Crippen molar-refractivity contribution in [2.75, 3.05) is 4.90 Å². The highest BCUT2D eigenvalue weighted by molar-refractivity contribution is 9.10. The van der Waals surface area contributed by atoms with Gasteiger partial charge in [0.05, 0.1) is 6.54 Å². The Hall–Kier alpha value is -2.47. The maximum absolute atomic E-state index is 12.8. The van der Waals surface area contributed by atoms with Crippen LogP contribution in [0.2, 0.25) is 0 Å². The number of aromatic nitrogens is 3. The highest BCUT2D eigenvalue weighted by atomic mass is 79.9. The summed E-state index contributed by atoms with van der Waals surface area (Å²) < 4.78 is 2.93. The van der Waals surface area contributed by atoms with Crippen LogP contribution in [-0.2, 0) is 20.0 Å². The zero-order valence-corrected chi connectivity index (χ0v) is 16.3. The average molecular weight is 411 g/mol. The van der Waals surface area contributed by atoms with Crippen molar-refractivity contribution in [1.29, 1.82) is 0 Å². The first-order valence-electron chi connectivity index (χ1n) is 8.56. The molecule has 1 aliphatic heterocycles. The fourth-order valence-corrected chi connectivity index (χ4v) is 3.88. The second-order valence-corrected chi connectivity index (χ2v) is 7.57. The fourth-order valence-electron chi connectivity index (χ4n) is 3.39. The Kier molecular flexibility index (Phi) is 4.36. The molecule has 132 valence electrons. The van der Waals surface area contributed by atoms with Crippen molar-refractivity contribution in [2.24, 2.45) is 7.05 Å². The molecule has 1 amide bonds. The van der Waals surface area contributed by atoms with E-state index in [0.29, 0.717) is 6.54 Å². The normalized spacial score (nSPS) is 14.6. The second kappa shape index (κ2) is 6.68. The van der Waals surface area contributed by atoms with Crippen molar-refractivity contribution in [3.8, 4) is 0 Å². The quantitative estimate of drug-likeness (QED) is 0.650. The lowest BCUT2D eigenvalue weighted by atomic mass is 9.97. The van der Waals surface area contributed by atoms with E-state index in [1.807, 2.05) is 46.8 Å². The standard InChI is InChI=1S/C20H19BrN4O/c1-13(9-19-23-22-12-24(19)2)14-5-3-6-15(10-14)25-11-17-16(20(25)26)7-4-8-18(17)21/h3-8,10,12-13H,9,11H2,1-2H3. The van der Waals surface area contributed by atoms with Gasteiger partial charge in [0, 0.05) is 29.2 Å². The number of benzene rings is 2. The number of fused-ring (bicyclic) bond motifs is 1. The number of nitrogens with zero attached hydrogens (tertiary/aromatic N) is 4. The number of aryl methyl sites for hydroxylation is 1. The molecule has 2 heterocycles. The Bertz CT molecular complexity index is 981. The molecular weight excluding hydrogens is 392 g/mol. The predicted molar refractivity (Wildman–Crippen MR) is 104 cm³/mol. The van der Waals surface area contributed by atoms with Gasteiger partial charge in [-0.15, -0.1) is 10.2 Å². The summed E-state index contributed by atoms with van der Waals surface area (Å²) >= 11 is 3.56. The van der Waals surface area contributed by atoms with Crippen molar-refractivity contribution in [1.82, 2.24) is 14.8 Å². The van der Waals surface area contributed by atoms with Crippen molar-refractivity contribution in [2.45, 2.75) is 25.8 Å². The Morgan fingerprint density at radius 3 is 2.77 bits per heavy atom. The molecule has 0 saturated heterocycles. The van der Waals surface area contributed by atoms with Crippen LogP contribution in [0.5, 0.6) is 0 Å². The van der Waals surface area contributed by atoms with Gasteiger partial charge < -0.3 is 9.47 Å². The molecule has 1 aliphatic rings. The lowest BCUT2D eigenvalue weighted by molar-refractivity contribution is 0.0996. The Balaban J connectivity index is 1.60. The molecular formula is C20H19BrN4O. The van der Waals surface area contributed by atoms with Crippen LogP contribution in [0, 0.1) is 0 Å². The highest BCUT2D eigenvalue weighted by Gasteiger charge is 2.30. The third kappa shape index (κ3) is 2.94. The summed E-state index contributed by atoms with van der Waals surface area (Å²) in [6.07, 6.45) is 2.52. The number of carbonyl (C=O) groups is 1. The van der Waals surface area contributed by atoms with Crippen molar-refractivity contribution < 1.29 is 4.79 Å². The van der Waals surface area contributed by atoms with E-state index in [1.165, 1.54) is 5.56 Å². The van der Waals surface area contributed by atoms with Gasteiger partial charge in [0.15, 0.2) is 0 Å². The van der Waals surface area contributed by atoms with Crippen molar-refractivity contribution in [3.05, 3.63) is 75.8 Å². The molecule has 1 atom stereocenters. The summed E-state index contributed by atoms with van der Waals surface area (Å²) in [5, 5.41) is 8.12. The van der Waals surface area contributed by atoms with Gasteiger partial charge in [-0.2, -0.15) is 0 Å². The van der Waals surface area contributed by atoms with Crippen LogP contribution < -0.4 is 4.90 Å². The molecule has 5 nitrogen and oxygen atoms in total. The highest BCUT2D eigenvalue weighted by Crippen LogP contribution is 2.34. The van der Waals surface area contributed by atoms with E-state index in [-0.39, 0.29) is 11.8 Å². The van der Waals surface area contributed by atoms with E-state index in [0.717, 1.165) is 33.5 Å². The molecule has 0 radical (unpaired) electrons. The molecule has 1 aromatic heterocycles. The van der Waals surface area contributed by atoms with Gasteiger partial charge in [-0.3, -0.25) is 4.79 Å². The second-order valence-electron chi connectivity index (χ2n) is 6.72. The Labute approximate surface area is 160 Å². The summed E-state index contributed by atoms with van der Waals surface area (Å²) in [6, 6.07) is 14.0. The maximum atomic E-state index is 12.8. The lowest BCUT2D eigenvalue weighted by Gasteiger charge is -2.19. The molecule has 1 unspecified atom stereocenters. The van der Waals surface area contributed by atoms with Crippen LogP contribution in [0.25, 0.3) is 0 Å². The van der Waals surface area contributed by atoms with Crippen LogP contribution in [0.1, 0.15) is 40.2 Å². The molecule has 0 spiro atoms. The number of halogens is 1. The molecule has 4 rings (SSSR count). The molecule has 2 aromatic carbocycles. The fraction of sp³-hybridized carbons (Fsp3) is 0.250. The van der Waals surface area contributed by atoms with Crippen molar-refractivity contribution in [3.63, 3.8) is 0 Å². The van der Waals surface area contributed by atoms with Crippen LogP contribution in [-0.4, -0.2) is 20.7 Å². The van der Waals surface area contributed by atoms with Crippen molar-refractivity contribution >= 4 is 27.5 Å². The summed E-state index contributed by atoms with van der Waals surface area (Å²) in [5.41, 5.74) is 3.95. The molecule has 0 fully saturated rings. The van der Waals surface area contributed by atoms with E-state index in [1.54, 1.807) is 6.33 Å². The van der Waals surface area contributed by atoms with Gasteiger partial charge in [0.25, 0.3) is 5.91 Å². The first kappa shape index (κ1) is 17.0. The first-order valence-corrected chi connectivity index (χ1v) is 9.36. The van der Waals surface area contributed by atoms with E-state index >= 15 is 0 Å². The number of anilines is 1. The molecule has 0 N–H and O–H groups in total. The molecule has 6 heteroatoms. The van der Waals surface area contributed by atoms with Gasteiger partial charge >= 0.3 is 0 Å². The summed E-state index contributed by atoms with van der Waals surface area (Å²) in [7, 11) is 1.95. The SMILES string of the molecule is CC(Cc1nncn1C)c1cccc(N2Cc3c(Br)cccc3C2=O)c1. The average Bonchev–Trinajstić information content (AvgIpc) is 3.20. The molecule has 0 bridgehead atoms. The van der Waals surface area contributed by atoms with Gasteiger partial charge in [0.2, 0.25) is 0 Å². The number of hydrogen-bond acceptors (Lipinski definition) is 3.